The van der Waals surface area contributed by atoms with Crippen molar-refractivity contribution >= 4 is 27.6 Å². The summed E-state index contributed by atoms with van der Waals surface area (Å²) in [7, 11) is -2.26. The van der Waals surface area contributed by atoms with Crippen LogP contribution in [0, 0.1) is 6.92 Å². The highest BCUT2D eigenvalue weighted by atomic mass is 32.2. The van der Waals surface area contributed by atoms with Crippen LogP contribution in [0.25, 0.3) is 0 Å². The molecule has 1 N–H and O–H groups in total. The molecule has 2 aromatic rings. The van der Waals surface area contributed by atoms with E-state index < -0.39 is 16.1 Å². The monoisotopic (exact) mass is 363 g/mol. The molecule has 0 unspecified atom stereocenters. The second-order valence-electron chi connectivity index (χ2n) is 5.52. The van der Waals surface area contributed by atoms with Gasteiger partial charge in [-0.05, 0) is 43.3 Å². The number of carbonyl (C=O) groups excluding carboxylic acids is 1. The van der Waals surface area contributed by atoms with Crippen LogP contribution in [-0.2, 0) is 10.0 Å². The summed E-state index contributed by atoms with van der Waals surface area (Å²) in [6.07, 6.45) is 0. The Morgan fingerprint density at radius 3 is 2.54 bits per heavy atom. The highest BCUT2D eigenvalue weighted by molar-refractivity contribution is 7.99. The molecular formula is C17H17NO4S2. The van der Waals surface area contributed by atoms with Crippen LogP contribution in [-0.4, -0.2) is 33.1 Å². The van der Waals surface area contributed by atoms with Crippen molar-refractivity contribution in [3.8, 4) is 5.75 Å². The predicted octanol–water partition coefficient (Wildman–Crippen LogP) is 2.64. The van der Waals surface area contributed by atoms with Gasteiger partial charge >= 0.3 is 0 Å². The zero-order chi connectivity index (χ0) is 17.3. The first-order valence-electron chi connectivity index (χ1n) is 7.35. The van der Waals surface area contributed by atoms with E-state index >= 15 is 0 Å². The SMILES string of the molecule is COc1ccc(S(=O)(=O)N[C@@H]2CSc3ccc(C)cc3C2=O)cc1. The Morgan fingerprint density at radius 1 is 1.17 bits per heavy atom. The van der Waals surface area contributed by atoms with Crippen LogP contribution in [0.15, 0.2) is 52.3 Å². The Balaban J connectivity index is 1.84. The third-order valence-electron chi connectivity index (χ3n) is 3.79. The summed E-state index contributed by atoms with van der Waals surface area (Å²) in [6, 6.07) is 11.0. The minimum Gasteiger partial charge on any atom is -0.497 e. The number of Topliss-reactive ketones (excluding diaryl/α,β-unsaturated/α-hetero) is 1. The molecule has 0 aliphatic carbocycles. The molecular weight excluding hydrogens is 346 g/mol. The summed E-state index contributed by atoms with van der Waals surface area (Å²) in [6.45, 7) is 1.91. The van der Waals surface area contributed by atoms with Gasteiger partial charge in [0.25, 0.3) is 0 Å². The fourth-order valence-electron chi connectivity index (χ4n) is 2.50. The number of fused-ring (bicyclic) bond motifs is 1. The zero-order valence-corrected chi connectivity index (χ0v) is 14.9. The number of benzene rings is 2. The molecule has 0 spiro atoms. The quantitative estimate of drug-likeness (QED) is 0.904. The summed E-state index contributed by atoms with van der Waals surface area (Å²) in [5.74, 6) is 0.761. The molecule has 0 radical (unpaired) electrons. The molecule has 5 nitrogen and oxygen atoms in total. The standard InChI is InChI=1S/C17H17NO4S2/c1-11-3-8-16-14(9-11)17(19)15(10-23-16)18-24(20,21)13-6-4-12(22-2)5-7-13/h3-9,15,18H,10H2,1-2H3/t15-/m1/s1. The third-order valence-corrected chi connectivity index (χ3v) is 6.44. The first-order chi connectivity index (χ1) is 11.4. The fraction of sp³-hybridized carbons (Fsp3) is 0.235. The van der Waals surface area contributed by atoms with Crippen molar-refractivity contribution in [2.75, 3.05) is 12.9 Å². The Kier molecular flexibility index (Phi) is 4.67. The molecule has 0 saturated heterocycles. The van der Waals surface area contributed by atoms with Gasteiger partial charge in [0, 0.05) is 16.2 Å². The summed E-state index contributed by atoms with van der Waals surface area (Å²) < 4.78 is 32.6. The maximum absolute atomic E-state index is 12.6. The van der Waals surface area contributed by atoms with Crippen molar-refractivity contribution < 1.29 is 17.9 Å². The van der Waals surface area contributed by atoms with Crippen LogP contribution in [0.2, 0.25) is 0 Å². The average Bonchev–Trinajstić information content (AvgIpc) is 2.58. The number of sulfonamides is 1. The van der Waals surface area contributed by atoms with Crippen molar-refractivity contribution in [3.05, 3.63) is 53.6 Å². The molecule has 1 aliphatic rings. The number of rotatable bonds is 4. The first kappa shape index (κ1) is 17.0. The lowest BCUT2D eigenvalue weighted by Gasteiger charge is -2.24. The Bertz CT molecular complexity index is 876. The molecule has 3 rings (SSSR count). The van der Waals surface area contributed by atoms with Gasteiger partial charge in [0.2, 0.25) is 10.0 Å². The van der Waals surface area contributed by atoms with Gasteiger partial charge in [0.05, 0.1) is 18.0 Å². The molecule has 0 fully saturated rings. The van der Waals surface area contributed by atoms with E-state index in [4.69, 9.17) is 4.74 Å². The molecule has 1 heterocycles. The van der Waals surface area contributed by atoms with Gasteiger partial charge in [-0.25, -0.2) is 8.42 Å². The molecule has 1 aliphatic heterocycles. The molecule has 1 atom stereocenters. The number of thioether (sulfide) groups is 1. The van der Waals surface area contributed by atoms with E-state index in [2.05, 4.69) is 4.72 Å². The van der Waals surface area contributed by atoms with Crippen LogP contribution in [0.5, 0.6) is 5.75 Å². The lowest BCUT2D eigenvalue weighted by molar-refractivity contribution is 0.0957. The Morgan fingerprint density at radius 2 is 1.88 bits per heavy atom. The number of ketones is 1. The van der Waals surface area contributed by atoms with Crippen molar-refractivity contribution in [2.24, 2.45) is 0 Å². The highest BCUT2D eigenvalue weighted by Crippen LogP contribution is 2.31. The van der Waals surface area contributed by atoms with Gasteiger partial charge < -0.3 is 4.74 Å². The lowest BCUT2D eigenvalue weighted by Crippen LogP contribution is -2.44. The van der Waals surface area contributed by atoms with E-state index in [1.165, 1.54) is 31.0 Å². The van der Waals surface area contributed by atoms with Crippen molar-refractivity contribution in [1.82, 2.24) is 4.72 Å². The van der Waals surface area contributed by atoms with E-state index in [1.807, 2.05) is 19.1 Å². The van der Waals surface area contributed by atoms with Gasteiger partial charge in [0.1, 0.15) is 5.75 Å². The number of hydrogen-bond acceptors (Lipinski definition) is 5. The molecule has 0 aromatic heterocycles. The molecule has 0 bridgehead atoms. The number of methoxy groups -OCH3 is 1. The second kappa shape index (κ2) is 6.58. The van der Waals surface area contributed by atoms with Gasteiger partial charge in [-0.3, -0.25) is 4.79 Å². The van der Waals surface area contributed by atoms with Crippen LogP contribution in [0.4, 0.5) is 0 Å². The first-order valence-corrected chi connectivity index (χ1v) is 9.81. The summed E-state index contributed by atoms with van der Waals surface area (Å²) in [5, 5.41) is 0. The van der Waals surface area contributed by atoms with E-state index in [9.17, 15) is 13.2 Å². The van der Waals surface area contributed by atoms with E-state index in [1.54, 1.807) is 18.2 Å². The van der Waals surface area contributed by atoms with Crippen molar-refractivity contribution in [3.63, 3.8) is 0 Å². The third kappa shape index (κ3) is 3.33. The van der Waals surface area contributed by atoms with Gasteiger partial charge in [-0.1, -0.05) is 11.6 Å². The van der Waals surface area contributed by atoms with Crippen LogP contribution >= 0.6 is 11.8 Å². The fourth-order valence-corrected chi connectivity index (χ4v) is 4.86. The predicted molar refractivity (Wildman–Crippen MR) is 93.3 cm³/mol. The maximum Gasteiger partial charge on any atom is 0.241 e. The number of ether oxygens (including phenoxy) is 1. The largest absolute Gasteiger partial charge is 0.497 e. The smallest absolute Gasteiger partial charge is 0.241 e. The second-order valence-corrected chi connectivity index (χ2v) is 8.30. The molecule has 24 heavy (non-hydrogen) atoms. The molecule has 7 heteroatoms. The van der Waals surface area contributed by atoms with E-state index in [0.717, 1.165) is 10.5 Å². The lowest BCUT2D eigenvalue weighted by atomic mass is 10.0. The van der Waals surface area contributed by atoms with Crippen LogP contribution in [0.1, 0.15) is 15.9 Å². The van der Waals surface area contributed by atoms with Gasteiger partial charge in [0.15, 0.2) is 5.78 Å². The summed E-state index contributed by atoms with van der Waals surface area (Å²) >= 11 is 1.48. The van der Waals surface area contributed by atoms with E-state index in [-0.39, 0.29) is 10.7 Å². The number of carbonyl (C=O) groups is 1. The summed E-state index contributed by atoms with van der Waals surface area (Å²) in [4.78, 5) is 13.6. The maximum atomic E-state index is 12.6. The highest BCUT2D eigenvalue weighted by Gasteiger charge is 2.31. The Hall–Kier alpha value is -1.83. The summed E-state index contributed by atoms with van der Waals surface area (Å²) in [5.41, 5.74) is 1.55. The minimum atomic E-state index is -3.77. The molecule has 126 valence electrons. The normalized spacial score (nSPS) is 17.4. The van der Waals surface area contributed by atoms with Gasteiger partial charge in [-0.2, -0.15) is 4.72 Å². The average molecular weight is 363 g/mol. The topological polar surface area (TPSA) is 72.5 Å². The van der Waals surface area contributed by atoms with Crippen molar-refractivity contribution in [1.29, 1.82) is 0 Å². The Labute approximate surface area is 145 Å². The molecule has 0 amide bonds. The van der Waals surface area contributed by atoms with Gasteiger partial charge in [-0.15, -0.1) is 11.8 Å². The molecule has 2 aromatic carbocycles. The minimum absolute atomic E-state index is 0.108. The number of hydrogen-bond donors (Lipinski definition) is 1. The van der Waals surface area contributed by atoms with Crippen molar-refractivity contribution in [2.45, 2.75) is 22.8 Å². The van der Waals surface area contributed by atoms with Crippen LogP contribution in [0.3, 0.4) is 0 Å². The van der Waals surface area contributed by atoms with Crippen LogP contribution < -0.4 is 9.46 Å². The molecule has 0 saturated carbocycles. The van der Waals surface area contributed by atoms with E-state index in [0.29, 0.717) is 17.1 Å². The zero-order valence-electron chi connectivity index (χ0n) is 13.3. The number of nitrogens with one attached hydrogen (secondary N) is 1. The number of aryl methyl sites for hydroxylation is 1.